The fraction of sp³-hybridized carbons (Fsp3) is 0.714. The summed E-state index contributed by atoms with van der Waals surface area (Å²) in [6.45, 7) is 10.0. The molecule has 0 aromatic heterocycles. The van der Waals surface area contributed by atoms with Gasteiger partial charge in [0.05, 0.1) is 0 Å². The van der Waals surface area contributed by atoms with E-state index >= 15 is 0 Å². The van der Waals surface area contributed by atoms with Gasteiger partial charge in [0.15, 0.2) is 0 Å². The zero-order valence-corrected chi connectivity index (χ0v) is 13.2. The number of esters is 1. The van der Waals surface area contributed by atoms with Crippen LogP contribution < -0.4 is 0 Å². The Kier molecular flexibility index (Phi) is 5.36. The first-order valence-corrected chi connectivity index (χ1v) is 6.74. The van der Waals surface area contributed by atoms with Gasteiger partial charge in [-0.05, 0) is 40.2 Å². The predicted octanol–water partition coefficient (Wildman–Crippen LogP) is 2.84. The molecule has 0 spiro atoms. The van der Waals surface area contributed by atoms with Crippen molar-refractivity contribution < 1.29 is 33.6 Å². The van der Waals surface area contributed by atoms with Crippen molar-refractivity contribution in [3.05, 3.63) is 11.6 Å². The molecule has 1 saturated heterocycles. The molecule has 1 rings (SSSR count). The summed E-state index contributed by atoms with van der Waals surface area (Å²) in [4.78, 5) is 32.8. The second kappa shape index (κ2) is 6.44. The molecule has 120 valence electrons. The van der Waals surface area contributed by atoms with Crippen molar-refractivity contribution in [2.45, 2.75) is 65.6 Å². The van der Waals surface area contributed by atoms with Crippen molar-refractivity contribution in [1.29, 1.82) is 0 Å². The van der Waals surface area contributed by atoms with E-state index in [0.29, 0.717) is 12.0 Å². The van der Waals surface area contributed by atoms with Crippen LogP contribution in [0.4, 0.5) is 4.79 Å². The SMILES string of the molecule is CC/C(=C\C1(C)OO1)C(=O)OC(C)OC(=O)OC(C)(C)C. The molecule has 1 fully saturated rings. The minimum Gasteiger partial charge on any atom is -0.428 e. The van der Waals surface area contributed by atoms with Crippen molar-refractivity contribution in [2.24, 2.45) is 0 Å². The summed E-state index contributed by atoms with van der Waals surface area (Å²) in [5, 5.41) is 0. The van der Waals surface area contributed by atoms with Crippen LogP contribution in [0.3, 0.4) is 0 Å². The molecule has 0 amide bonds. The molecular weight excluding hydrogens is 280 g/mol. The second-order valence-corrected chi connectivity index (χ2v) is 5.76. The van der Waals surface area contributed by atoms with Crippen LogP contribution in [0.2, 0.25) is 0 Å². The molecule has 0 N–H and O–H groups in total. The fourth-order valence-corrected chi connectivity index (χ4v) is 1.40. The molecule has 0 aromatic rings. The van der Waals surface area contributed by atoms with E-state index in [4.69, 9.17) is 24.0 Å². The van der Waals surface area contributed by atoms with Crippen molar-refractivity contribution in [3.8, 4) is 0 Å². The highest BCUT2D eigenvalue weighted by Gasteiger charge is 2.42. The highest BCUT2D eigenvalue weighted by molar-refractivity contribution is 5.88. The van der Waals surface area contributed by atoms with Gasteiger partial charge in [0.1, 0.15) is 5.60 Å². The lowest BCUT2D eigenvalue weighted by Gasteiger charge is -2.21. The van der Waals surface area contributed by atoms with Crippen LogP contribution in [0.15, 0.2) is 11.6 Å². The van der Waals surface area contributed by atoms with Gasteiger partial charge < -0.3 is 14.2 Å². The molecule has 7 heteroatoms. The minimum absolute atomic E-state index is 0.370. The zero-order valence-electron chi connectivity index (χ0n) is 13.2. The van der Waals surface area contributed by atoms with Crippen LogP contribution in [0, 0.1) is 0 Å². The van der Waals surface area contributed by atoms with Gasteiger partial charge in [0.2, 0.25) is 6.29 Å². The Morgan fingerprint density at radius 2 is 1.81 bits per heavy atom. The molecule has 0 radical (unpaired) electrons. The monoisotopic (exact) mass is 302 g/mol. The Morgan fingerprint density at radius 1 is 1.24 bits per heavy atom. The third-order valence-electron chi connectivity index (χ3n) is 2.35. The van der Waals surface area contributed by atoms with E-state index in [1.165, 1.54) is 13.0 Å². The van der Waals surface area contributed by atoms with Gasteiger partial charge in [0, 0.05) is 12.5 Å². The van der Waals surface area contributed by atoms with E-state index in [1.807, 2.05) is 0 Å². The third kappa shape index (κ3) is 6.59. The lowest BCUT2D eigenvalue weighted by atomic mass is 10.1. The highest BCUT2D eigenvalue weighted by Crippen LogP contribution is 2.32. The van der Waals surface area contributed by atoms with Gasteiger partial charge in [-0.3, -0.25) is 0 Å². The summed E-state index contributed by atoms with van der Waals surface area (Å²) in [6.07, 6.45) is -0.00247. The third-order valence-corrected chi connectivity index (χ3v) is 2.35. The van der Waals surface area contributed by atoms with E-state index in [0.717, 1.165) is 0 Å². The van der Waals surface area contributed by atoms with Crippen LogP contribution >= 0.6 is 0 Å². The lowest BCUT2D eigenvalue weighted by Crippen LogP contribution is -2.29. The first-order valence-electron chi connectivity index (χ1n) is 6.74. The number of carbonyl (C=O) groups excluding carboxylic acids is 2. The molecule has 1 heterocycles. The number of rotatable bonds is 5. The summed E-state index contributed by atoms with van der Waals surface area (Å²) in [5.74, 6) is -1.48. The number of hydrogen-bond donors (Lipinski definition) is 0. The normalized spacial score (nSPS) is 18.7. The largest absolute Gasteiger partial charge is 0.511 e. The van der Waals surface area contributed by atoms with Gasteiger partial charge in [-0.2, -0.15) is 9.78 Å². The van der Waals surface area contributed by atoms with E-state index < -0.39 is 29.8 Å². The molecule has 0 aliphatic carbocycles. The first-order chi connectivity index (χ1) is 9.54. The van der Waals surface area contributed by atoms with E-state index in [2.05, 4.69) is 0 Å². The summed E-state index contributed by atoms with van der Waals surface area (Å²) < 4.78 is 14.8. The van der Waals surface area contributed by atoms with E-state index in [1.54, 1.807) is 34.6 Å². The quantitative estimate of drug-likeness (QED) is 0.254. The van der Waals surface area contributed by atoms with Crippen LogP contribution in [-0.2, 0) is 28.8 Å². The fourth-order valence-electron chi connectivity index (χ4n) is 1.40. The number of carbonyl (C=O) groups is 2. The Hall–Kier alpha value is -1.60. The maximum absolute atomic E-state index is 11.9. The molecular formula is C14H22O7. The Balaban J connectivity index is 2.49. The summed E-state index contributed by atoms with van der Waals surface area (Å²) in [5.41, 5.74) is -0.306. The van der Waals surface area contributed by atoms with Crippen LogP contribution in [0.1, 0.15) is 48.0 Å². The summed E-state index contributed by atoms with van der Waals surface area (Å²) in [6, 6.07) is 0. The second-order valence-electron chi connectivity index (χ2n) is 5.76. The highest BCUT2D eigenvalue weighted by atomic mass is 17.4. The average molecular weight is 302 g/mol. The maximum atomic E-state index is 11.9. The molecule has 1 unspecified atom stereocenters. The predicted molar refractivity (Wildman–Crippen MR) is 71.8 cm³/mol. The molecule has 0 aromatic carbocycles. The minimum atomic E-state index is -1.06. The summed E-state index contributed by atoms with van der Waals surface area (Å²) >= 11 is 0. The van der Waals surface area contributed by atoms with Crippen molar-refractivity contribution in [3.63, 3.8) is 0 Å². The smallest absolute Gasteiger partial charge is 0.428 e. The van der Waals surface area contributed by atoms with Crippen molar-refractivity contribution in [2.75, 3.05) is 0 Å². The van der Waals surface area contributed by atoms with Gasteiger partial charge >= 0.3 is 12.1 Å². The molecule has 7 nitrogen and oxygen atoms in total. The van der Waals surface area contributed by atoms with E-state index in [9.17, 15) is 9.59 Å². The molecule has 1 aliphatic rings. The molecule has 1 aliphatic heterocycles. The van der Waals surface area contributed by atoms with Crippen LogP contribution in [-0.4, -0.2) is 29.8 Å². The summed E-state index contributed by atoms with van der Waals surface area (Å²) in [7, 11) is 0. The molecule has 1 atom stereocenters. The lowest BCUT2D eigenvalue weighted by molar-refractivity contribution is -0.165. The zero-order chi connectivity index (χ0) is 16.3. The van der Waals surface area contributed by atoms with Crippen molar-refractivity contribution >= 4 is 12.1 Å². The van der Waals surface area contributed by atoms with E-state index in [-0.39, 0.29) is 0 Å². The van der Waals surface area contributed by atoms with Gasteiger partial charge in [-0.25, -0.2) is 9.59 Å². The topological polar surface area (TPSA) is 86.9 Å². The maximum Gasteiger partial charge on any atom is 0.511 e. The molecule has 0 bridgehead atoms. The Bertz CT molecular complexity index is 429. The molecule has 0 saturated carbocycles. The van der Waals surface area contributed by atoms with Gasteiger partial charge in [0.25, 0.3) is 5.79 Å². The molecule has 21 heavy (non-hydrogen) atoms. The Labute approximate surface area is 124 Å². The van der Waals surface area contributed by atoms with Crippen LogP contribution in [0.25, 0.3) is 0 Å². The van der Waals surface area contributed by atoms with Gasteiger partial charge in [-0.1, -0.05) is 6.92 Å². The standard InChI is InChI=1S/C14H22O7/c1-7-10(8-14(6)20-21-14)11(15)17-9(2)18-12(16)19-13(3,4)5/h8-9H,7H2,1-6H3/b10-8+. The average Bonchev–Trinajstić information content (AvgIpc) is 3.01. The first kappa shape index (κ1) is 17.5. The van der Waals surface area contributed by atoms with Crippen molar-refractivity contribution in [1.82, 2.24) is 0 Å². The number of ether oxygens (including phenoxy) is 3. The van der Waals surface area contributed by atoms with Crippen LogP contribution in [0.5, 0.6) is 0 Å². The Morgan fingerprint density at radius 3 is 2.24 bits per heavy atom. The number of hydrogen-bond acceptors (Lipinski definition) is 7. The van der Waals surface area contributed by atoms with Gasteiger partial charge in [-0.15, -0.1) is 0 Å².